The van der Waals surface area contributed by atoms with E-state index in [9.17, 15) is 18.0 Å². The van der Waals surface area contributed by atoms with Crippen LogP contribution in [0.3, 0.4) is 0 Å². The molecule has 0 unspecified atom stereocenters. The fraction of sp³-hybridized carbons (Fsp3) is 0.467. The molecule has 0 aromatic heterocycles. The Labute approximate surface area is 141 Å². The number of rotatable bonds is 6. The van der Waals surface area contributed by atoms with Gasteiger partial charge in [-0.3, -0.25) is 14.5 Å². The molecule has 1 heterocycles. The molecule has 132 valence electrons. The number of aryl methyl sites for hydroxylation is 1. The van der Waals surface area contributed by atoms with Gasteiger partial charge >= 0.3 is 0 Å². The Balaban J connectivity index is 1.89. The van der Waals surface area contributed by atoms with Gasteiger partial charge in [0.1, 0.15) is 0 Å². The van der Waals surface area contributed by atoms with E-state index in [0.717, 1.165) is 5.56 Å². The first-order valence-corrected chi connectivity index (χ1v) is 9.07. The number of hydrogen-bond acceptors (Lipinski definition) is 5. The van der Waals surface area contributed by atoms with Gasteiger partial charge < -0.3 is 11.1 Å². The van der Waals surface area contributed by atoms with Crippen LogP contribution < -0.4 is 11.1 Å². The molecular weight excluding hydrogens is 332 g/mol. The van der Waals surface area contributed by atoms with E-state index in [4.69, 9.17) is 5.73 Å². The zero-order valence-electron chi connectivity index (χ0n) is 13.6. The summed E-state index contributed by atoms with van der Waals surface area (Å²) in [6, 6.07) is 6.75. The number of nitrogens with zero attached hydrogens (tertiary/aromatic N) is 2. The van der Waals surface area contributed by atoms with Gasteiger partial charge in [0.2, 0.25) is 21.8 Å². The van der Waals surface area contributed by atoms with E-state index in [1.54, 1.807) is 24.3 Å². The highest BCUT2D eigenvalue weighted by molar-refractivity contribution is 7.89. The lowest BCUT2D eigenvalue weighted by molar-refractivity contribution is -0.125. The van der Waals surface area contributed by atoms with Crippen LogP contribution in [-0.4, -0.2) is 68.7 Å². The van der Waals surface area contributed by atoms with Crippen molar-refractivity contribution in [3.8, 4) is 0 Å². The van der Waals surface area contributed by atoms with Crippen LogP contribution in [-0.2, 0) is 19.6 Å². The Morgan fingerprint density at radius 2 is 1.71 bits per heavy atom. The third-order valence-electron chi connectivity index (χ3n) is 3.82. The molecule has 24 heavy (non-hydrogen) atoms. The fourth-order valence-electron chi connectivity index (χ4n) is 2.43. The number of piperazine rings is 1. The summed E-state index contributed by atoms with van der Waals surface area (Å²) in [4.78, 5) is 24.4. The van der Waals surface area contributed by atoms with Crippen molar-refractivity contribution in [2.75, 3.05) is 39.3 Å². The van der Waals surface area contributed by atoms with E-state index >= 15 is 0 Å². The summed E-state index contributed by atoms with van der Waals surface area (Å²) >= 11 is 0. The highest BCUT2D eigenvalue weighted by atomic mass is 32.2. The summed E-state index contributed by atoms with van der Waals surface area (Å²) in [6.07, 6.45) is 0. The van der Waals surface area contributed by atoms with Gasteiger partial charge in [-0.05, 0) is 19.1 Å². The molecule has 9 heteroatoms. The van der Waals surface area contributed by atoms with Crippen LogP contribution in [0.5, 0.6) is 0 Å². The number of benzene rings is 1. The molecule has 8 nitrogen and oxygen atoms in total. The van der Waals surface area contributed by atoms with Crippen molar-refractivity contribution in [1.29, 1.82) is 0 Å². The van der Waals surface area contributed by atoms with Gasteiger partial charge in [-0.2, -0.15) is 4.31 Å². The predicted octanol–water partition coefficient (Wildman–Crippen LogP) is -1.10. The molecule has 0 aliphatic carbocycles. The lowest BCUT2D eigenvalue weighted by atomic mass is 10.2. The predicted molar refractivity (Wildman–Crippen MR) is 88.6 cm³/mol. The third kappa shape index (κ3) is 4.76. The Kier molecular flexibility index (Phi) is 5.92. The highest BCUT2D eigenvalue weighted by Gasteiger charge is 2.28. The van der Waals surface area contributed by atoms with Crippen LogP contribution >= 0.6 is 0 Å². The molecule has 1 saturated heterocycles. The summed E-state index contributed by atoms with van der Waals surface area (Å²) < 4.78 is 26.6. The molecule has 1 aromatic rings. The number of nitrogens with one attached hydrogen (secondary N) is 1. The SMILES string of the molecule is Cc1ccc(S(=O)(=O)N2CCN(CC(=O)NCC(N)=O)CC2)cc1. The van der Waals surface area contributed by atoms with Crippen LogP contribution in [0.4, 0.5) is 0 Å². The minimum atomic E-state index is -3.51. The largest absolute Gasteiger partial charge is 0.368 e. The average molecular weight is 354 g/mol. The second-order valence-electron chi connectivity index (χ2n) is 5.74. The van der Waals surface area contributed by atoms with E-state index in [1.807, 2.05) is 11.8 Å². The molecule has 0 atom stereocenters. The molecule has 1 fully saturated rings. The van der Waals surface area contributed by atoms with Gasteiger partial charge in [0.25, 0.3) is 0 Å². The molecule has 0 saturated carbocycles. The van der Waals surface area contributed by atoms with Crippen LogP contribution in [0.25, 0.3) is 0 Å². The molecule has 2 rings (SSSR count). The van der Waals surface area contributed by atoms with Gasteiger partial charge in [-0.25, -0.2) is 8.42 Å². The summed E-state index contributed by atoms with van der Waals surface area (Å²) in [5, 5.41) is 2.41. The minimum absolute atomic E-state index is 0.117. The zero-order valence-corrected chi connectivity index (χ0v) is 14.4. The normalized spacial score (nSPS) is 16.7. The molecule has 2 amide bonds. The van der Waals surface area contributed by atoms with Crippen molar-refractivity contribution in [3.63, 3.8) is 0 Å². The molecular formula is C15H22N4O4S. The topological polar surface area (TPSA) is 113 Å². The van der Waals surface area contributed by atoms with Crippen molar-refractivity contribution in [2.45, 2.75) is 11.8 Å². The van der Waals surface area contributed by atoms with E-state index in [1.165, 1.54) is 4.31 Å². The monoisotopic (exact) mass is 354 g/mol. The lowest BCUT2D eigenvalue weighted by Crippen LogP contribution is -2.51. The maximum atomic E-state index is 12.6. The number of primary amides is 1. The molecule has 3 N–H and O–H groups in total. The molecule has 1 aromatic carbocycles. The Morgan fingerprint density at radius 3 is 2.25 bits per heavy atom. The van der Waals surface area contributed by atoms with E-state index in [-0.39, 0.29) is 23.9 Å². The van der Waals surface area contributed by atoms with Gasteiger partial charge in [0.15, 0.2) is 0 Å². The Bertz CT molecular complexity index is 695. The molecule has 1 aliphatic heterocycles. The first kappa shape index (κ1) is 18.4. The van der Waals surface area contributed by atoms with Crippen molar-refractivity contribution in [2.24, 2.45) is 5.73 Å². The Morgan fingerprint density at radius 1 is 1.12 bits per heavy atom. The highest BCUT2D eigenvalue weighted by Crippen LogP contribution is 2.18. The average Bonchev–Trinajstić information content (AvgIpc) is 2.54. The summed E-state index contributed by atoms with van der Waals surface area (Å²) in [5.41, 5.74) is 5.96. The first-order valence-electron chi connectivity index (χ1n) is 7.63. The summed E-state index contributed by atoms with van der Waals surface area (Å²) in [5.74, 6) is -0.902. The number of carbonyl (C=O) groups excluding carboxylic acids is 2. The van der Waals surface area contributed by atoms with Gasteiger partial charge in [-0.1, -0.05) is 17.7 Å². The maximum absolute atomic E-state index is 12.6. The maximum Gasteiger partial charge on any atom is 0.243 e. The minimum Gasteiger partial charge on any atom is -0.368 e. The first-order chi connectivity index (χ1) is 11.3. The molecule has 0 spiro atoms. The van der Waals surface area contributed by atoms with Crippen molar-refractivity contribution < 1.29 is 18.0 Å². The smallest absolute Gasteiger partial charge is 0.243 e. The number of sulfonamides is 1. The number of amides is 2. The molecule has 0 bridgehead atoms. The van der Waals surface area contributed by atoms with Crippen LogP contribution in [0, 0.1) is 6.92 Å². The van der Waals surface area contributed by atoms with Crippen LogP contribution in [0.2, 0.25) is 0 Å². The van der Waals surface area contributed by atoms with Crippen molar-refractivity contribution >= 4 is 21.8 Å². The van der Waals surface area contributed by atoms with Gasteiger partial charge in [0, 0.05) is 26.2 Å². The molecule has 1 aliphatic rings. The fourth-order valence-corrected chi connectivity index (χ4v) is 3.85. The Hall–Kier alpha value is -1.97. The number of nitrogens with two attached hydrogens (primary N) is 1. The van der Waals surface area contributed by atoms with Crippen molar-refractivity contribution in [3.05, 3.63) is 29.8 Å². The second-order valence-corrected chi connectivity index (χ2v) is 7.67. The summed E-state index contributed by atoms with van der Waals surface area (Å²) in [7, 11) is -3.51. The standard InChI is InChI=1S/C15H22N4O4S/c1-12-2-4-13(5-3-12)24(22,23)19-8-6-18(7-9-19)11-15(21)17-10-14(16)20/h2-5H,6-11H2,1H3,(H2,16,20)(H,17,21). The van der Waals surface area contributed by atoms with Gasteiger partial charge in [-0.15, -0.1) is 0 Å². The van der Waals surface area contributed by atoms with Crippen LogP contribution in [0.15, 0.2) is 29.2 Å². The molecule has 0 radical (unpaired) electrons. The van der Waals surface area contributed by atoms with E-state index in [0.29, 0.717) is 26.2 Å². The summed E-state index contributed by atoms with van der Waals surface area (Å²) in [6.45, 7) is 3.37. The quantitative estimate of drug-likeness (QED) is 0.673. The number of carbonyl (C=O) groups is 2. The third-order valence-corrected chi connectivity index (χ3v) is 5.73. The second kappa shape index (κ2) is 7.73. The lowest BCUT2D eigenvalue weighted by Gasteiger charge is -2.33. The zero-order chi connectivity index (χ0) is 17.7. The van der Waals surface area contributed by atoms with E-state index in [2.05, 4.69) is 5.32 Å². The van der Waals surface area contributed by atoms with Crippen LogP contribution in [0.1, 0.15) is 5.56 Å². The van der Waals surface area contributed by atoms with E-state index < -0.39 is 15.9 Å². The number of hydrogen-bond donors (Lipinski definition) is 2. The van der Waals surface area contributed by atoms with Gasteiger partial charge in [0.05, 0.1) is 18.0 Å². The van der Waals surface area contributed by atoms with Crippen molar-refractivity contribution in [1.82, 2.24) is 14.5 Å².